The topological polar surface area (TPSA) is 38.7 Å². The SMILES string of the molecule is CCOc1ccc(C=CC(O)=C2C=CC=C2)cc1OC. The number of methoxy groups -OCH3 is 1. The Morgan fingerprint density at radius 1 is 1.20 bits per heavy atom. The molecular weight excluding hydrogens is 252 g/mol. The van der Waals surface area contributed by atoms with Crippen LogP contribution in [-0.4, -0.2) is 18.8 Å². The van der Waals surface area contributed by atoms with Crippen molar-refractivity contribution in [2.24, 2.45) is 0 Å². The van der Waals surface area contributed by atoms with Crippen LogP contribution in [0.25, 0.3) is 6.08 Å². The van der Waals surface area contributed by atoms with Gasteiger partial charge in [-0.1, -0.05) is 36.4 Å². The lowest BCUT2D eigenvalue weighted by atomic mass is 10.1. The van der Waals surface area contributed by atoms with E-state index in [4.69, 9.17) is 9.47 Å². The summed E-state index contributed by atoms with van der Waals surface area (Å²) in [7, 11) is 1.61. The number of hydrogen-bond donors (Lipinski definition) is 1. The average Bonchev–Trinajstić information content (AvgIpc) is 3.00. The van der Waals surface area contributed by atoms with Crippen molar-refractivity contribution in [1.29, 1.82) is 0 Å². The van der Waals surface area contributed by atoms with Gasteiger partial charge in [-0.15, -0.1) is 0 Å². The highest BCUT2D eigenvalue weighted by Gasteiger charge is 2.04. The third-order valence-electron chi connectivity index (χ3n) is 2.88. The van der Waals surface area contributed by atoms with Gasteiger partial charge >= 0.3 is 0 Å². The molecule has 104 valence electrons. The predicted octanol–water partition coefficient (Wildman–Crippen LogP) is 4.05. The Kier molecular flexibility index (Phi) is 4.66. The highest BCUT2D eigenvalue weighted by Crippen LogP contribution is 2.28. The molecule has 3 heteroatoms. The molecule has 0 saturated heterocycles. The van der Waals surface area contributed by atoms with E-state index in [2.05, 4.69) is 0 Å². The molecule has 0 aromatic heterocycles. The van der Waals surface area contributed by atoms with E-state index in [-0.39, 0.29) is 5.76 Å². The van der Waals surface area contributed by atoms with Crippen LogP contribution in [0.15, 0.2) is 59.9 Å². The van der Waals surface area contributed by atoms with Crippen LogP contribution >= 0.6 is 0 Å². The lowest BCUT2D eigenvalue weighted by Gasteiger charge is -2.09. The summed E-state index contributed by atoms with van der Waals surface area (Å²) >= 11 is 0. The maximum absolute atomic E-state index is 9.91. The fraction of sp³-hybridized carbons (Fsp3) is 0.176. The van der Waals surface area contributed by atoms with Crippen LogP contribution in [0.4, 0.5) is 0 Å². The molecule has 1 aromatic rings. The fourth-order valence-electron chi connectivity index (χ4n) is 1.88. The van der Waals surface area contributed by atoms with Crippen molar-refractivity contribution >= 4 is 6.08 Å². The second-order valence-corrected chi connectivity index (χ2v) is 4.24. The van der Waals surface area contributed by atoms with Crippen LogP contribution in [-0.2, 0) is 0 Å². The lowest BCUT2D eigenvalue weighted by molar-refractivity contribution is 0.311. The summed E-state index contributed by atoms with van der Waals surface area (Å²) in [5, 5.41) is 9.91. The van der Waals surface area contributed by atoms with Crippen molar-refractivity contribution < 1.29 is 14.6 Å². The van der Waals surface area contributed by atoms with Crippen LogP contribution in [0.3, 0.4) is 0 Å². The van der Waals surface area contributed by atoms with E-state index in [0.717, 1.165) is 16.9 Å². The van der Waals surface area contributed by atoms with Crippen molar-refractivity contribution in [2.45, 2.75) is 6.92 Å². The zero-order chi connectivity index (χ0) is 14.4. The zero-order valence-corrected chi connectivity index (χ0v) is 11.7. The van der Waals surface area contributed by atoms with Crippen molar-refractivity contribution in [3.63, 3.8) is 0 Å². The molecule has 0 fully saturated rings. The van der Waals surface area contributed by atoms with E-state index in [1.807, 2.05) is 55.5 Å². The monoisotopic (exact) mass is 270 g/mol. The van der Waals surface area contributed by atoms with Crippen molar-refractivity contribution in [2.75, 3.05) is 13.7 Å². The maximum atomic E-state index is 9.91. The molecule has 1 aromatic carbocycles. The Morgan fingerprint density at radius 3 is 2.60 bits per heavy atom. The van der Waals surface area contributed by atoms with E-state index < -0.39 is 0 Å². The summed E-state index contributed by atoms with van der Waals surface area (Å²) in [4.78, 5) is 0. The lowest BCUT2D eigenvalue weighted by Crippen LogP contribution is -1.95. The Labute approximate surface area is 119 Å². The van der Waals surface area contributed by atoms with Gasteiger partial charge in [0.25, 0.3) is 0 Å². The minimum Gasteiger partial charge on any atom is -0.507 e. The molecule has 3 nitrogen and oxygen atoms in total. The number of rotatable bonds is 5. The minimum atomic E-state index is 0.239. The molecule has 0 spiro atoms. The molecule has 1 aliphatic carbocycles. The first kappa shape index (κ1) is 14.0. The molecular formula is C17H18O3. The van der Waals surface area contributed by atoms with Crippen LogP contribution in [0.1, 0.15) is 12.5 Å². The fourth-order valence-corrected chi connectivity index (χ4v) is 1.88. The quantitative estimate of drug-likeness (QED) is 0.820. The average molecular weight is 270 g/mol. The minimum absolute atomic E-state index is 0.239. The van der Waals surface area contributed by atoms with E-state index in [1.165, 1.54) is 0 Å². The van der Waals surface area contributed by atoms with E-state index >= 15 is 0 Å². The second-order valence-electron chi connectivity index (χ2n) is 4.24. The van der Waals surface area contributed by atoms with Gasteiger partial charge in [0.1, 0.15) is 5.76 Å². The van der Waals surface area contributed by atoms with Crippen LogP contribution in [0, 0.1) is 0 Å². The summed E-state index contributed by atoms with van der Waals surface area (Å²) in [5.74, 6) is 1.64. The molecule has 1 N–H and O–H groups in total. The first-order valence-electron chi connectivity index (χ1n) is 6.51. The van der Waals surface area contributed by atoms with E-state index in [1.54, 1.807) is 13.2 Å². The third-order valence-corrected chi connectivity index (χ3v) is 2.88. The van der Waals surface area contributed by atoms with Crippen LogP contribution in [0.2, 0.25) is 0 Å². The van der Waals surface area contributed by atoms with Crippen molar-refractivity contribution in [3.05, 3.63) is 65.5 Å². The number of allylic oxidation sites excluding steroid dienone is 6. The van der Waals surface area contributed by atoms with Gasteiger partial charge in [0.15, 0.2) is 11.5 Å². The van der Waals surface area contributed by atoms with Crippen LogP contribution < -0.4 is 9.47 Å². The van der Waals surface area contributed by atoms with Gasteiger partial charge in [0.2, 0.25) is 0 Å². The highest BCUT2D eigenvalue weighted by atomic mass is 16.5. The maximum Gasteiger partial charge on any atom is 0.161 e. The Bertz CT molecular complexity index is 578. The Morgan fingerprint density at radius 2 is 1.95 bits per heavy atom. The normalized spacial score (nSPS) is 13.2. The molecule has 0 saturated carbocycles. The predicted molar refractivity (Wildman–Crippen MR) is 81.1 cm³/mol. The Balaban J connectivity index is 2.19. The zero-order valence-electron chi connectivity index (χ0n) is 11.7. The molecule has 0 atom stereocenters. The summed E-state index contributed by atoms with van der Waals surface area (Å²) in [6, 6.07) is 5.66. The van der Waals surface area contributed by atoms with Crippen molar-refractivity contribution in [1.82, 2.24) is 0 Å². The molecule has 0 radical (unpaired) electrons. The van der Waals surface area contributed by atoms with Gasteiger partial charge in [-0.05, 0) is 30.7 Å². The van der Waals surface area contributed by atoms with Gasteiger partial charge in [0.05, 0.1) is 13.7 Å². The second kappa shape index (κ2) is 6.66. The van der Waals surface area contributed by atoms with Crippen molar-refractivity contribution in [3.8, 4) is 11.5 Å². The summed E-state index contributed by atoms with van der Waals surface area (Å²) in [6.07, 6.45) is 11.0. The number of benzene rings is 1. The third kappa shape index (κ3) is 3.32. The first-order valence-corrected chi connectivity index (χ1v) is 6.51. The largest absolute Gasteiger partial charge is 0.507 e. The van der Waals surface area contributed by atoms with E-state index in [0.29, 0.717) is 12.4 Å². The van der Waals surface area contributed by atoms with Gasteiger partial charge in [-0.2, -0.15) is 0 Å². The summed E-state index contributed by atoms with van der Waals surface area (Å²) in [6.45, 7) is 2.53. The van der Waals surface area contributed by atoms with Crippen LogP contribution in [0.5, 0.6) is 11.5 Å². The number of aliphatic hydroxyl groups excluding tert-OH is 1. The molecule has 0 aliphatic heterocycles. The van der Waals surface area contributed by atoms with Gasteiger partial charge in [-0.25, -0.2) is 0 Å². The first-order chi connectivity index (χ1) is 9.74. The molecule has 0 amide bonds. The standard InChI is InChI=1S/C17H18O3/c1-3-20-16-11-9-13(12-17(16)19-2)8-10-15(18)14-6-4-5-7-14/h4-12,18H,3H2,1-2H3. The van der Waals surface area contributed by atoms with Gasteiger partial charge in [0, 0.05) is 5.57 Å². The number of aliphatic hydroxyl groups is 1. The molecule has 2 rings (SSSR count). The van der Waals surface area contributed by atoms with Gasteiger partial charge in [-0.3, -0.25) is 0 Å². The van der Waals surface area contributed by atoms with E-state index in [9.17, 15) is 5.11 Å². The number of ether oxygens (including phenoxy) is 2. The summed E-state index contributed by atoms with van der Waals surface area (Å²) in [5.41, 5.74) is 1.74. The molecule has 1 aliphatic rings. The number of hydrogen-bond acceptors (Lipinski definition) is 3. The van der Waals surface area contributed by atoms with Gasteiger partial charge < -0.3 is 14.6 Å². The smallest absolute Gasteiger partial charge is 0.161 e. The molecule has 0 bridgehead atoms. The molecule has 0 unspecified atom stereocenters. The Hall–Kier alpha value is -2.42. The highest BCUT2D eigenvalue weighted by molar-refractivity contribution is 5.59. The molecule has 0 heterocycles. The summed E-state index contributed by atoms with van der Waals surface area (Å²) < 4.78 is 10.8. The molecule has 20 heavy (non-hydrogen) atoms.